The lowest BCUT2D eigenvalue weighted by Gasteiger charge is -2.42. The maximum atomic E-state index is 14.3. The van der Waals surface area contributed by atoms with Crippen molar-refractivity contribution in [1.29, 1.82) is 0 Å². The SMILES string of the molecule is COc1cc(N2CCC(N3CCN(C)CC3)CC2)c(F)cc1N. The van der Waals surface area contributed by atoms with Crippen molar-refractivity contribution in [3.63, 3.8) is 0 Å². The number of halogens is 1. The lowest BCUT2D eigenvalue weighted by atomic mass is 10.0. The zero-order chi connectivity index (χ0) is 16.4. The predicted octanol–water partition coefficient (Wildman–Crippen LogP) is 1.63. The van der Waals surface area contributed by atoms with Crippen molar-refractivity contribution in [3.8, 4) is 5.75 Å². The van der Waals surface area contributed by atoms with Crippen LogP contribution < -0.4 is 15.4 Å². The number of nitrogen functional groups attached to an aromatic ring is 1. The minimum atomic E-state index is -0.263. The highest BCUT2D eigenvalue weighted by atomic mass is 19.1. The van der Waals surface area contributed by atoms with Crippen LogP contribution in [0, 0.1) is 5.82 Å². The molecule has 2 aliphatic rings. The molecule has 0 saturated carbocycles. The van der Waals surface area contributed by atoms with E-state index in [9.17, 15) is 4.39 Å². The third kappa shape index (κ3) is 3.53. The van der Waals surface area contributed by atoms with Gasteiger partial charge in [0.1, 0.15) is 11.6 Å². The largest absolute Gasteiger partial charge is 0.495 e. The molecule has 0 aromatic heterocycles. The standard InChI is InChI=1S/C17H27FN4O/c1-20-7-9-21(10-8-20)13-3-5-22(6-4-13)16-12-17(23-2)15(19)11-14(16)18/h11-13H,3-10,19H2,1-2H3. The second-order valence-electron chi connectivity index (χ2n) is 6.60. The highest BCUT2D eigenvalue weighted by Crippen LogP contribution is 2.32. The highest BCUT2D eigenvalue weighted by Gasteiger charge is 2.27. The Morgan fingerprint density at radius 1 is 1.09 bits per heavy atom. The molecule has 23 heavy (non-hydrogen) atoms. The summed E-state index contributed by atoms with van der Waals surface area (Å²) in [4.78, 5) is 7.09. The van der Waals surface area contributed by atoms with E-state index in [-0.39, 0.29) is 5.82 Å². The molecule has 2 heterocycles. The summed E-state index contributed by atoms with van der Waals surface area (Å²) in [6.45, 7) is 6.33. The van der Waals surface area contributed by atoms with Crippen LogP contribution in [0.3, 0.4) is 0 Å². The van der Waals surface area contributed by atoms with Crippen LogP contribution in [0.2, 0.25) is 0 Å². The average Bonchev–Trinajstić information content (AvgIpc) is 2.56. The first-order valence-corrected chi connectivity index (χ1v) is 8.39. The fourth-order valence-corrected chi connectivity index (χ4v) is 3.64. The summed E-state index contributed by atoms with van der Waals surface area (Å²) < 4.78 is 19.5. The number of methoxy groups -OCH3 is 1. The van der Waals surface area contributed by atoms with E-state index in [1.165, 1.54) is 6.07 Å². The summed E-state index contributed by atoms with van der Waals surface area (Å²) in [5.41, 5.74) is 6.72. The van der Waals surface area contributed by atoms with E-state index in [4.69, 9.17) is 10.5 Å². The van der Waals surface area contributed by atoms with Crippen LogP contribution in [0.15, 0.2) is 12.1 Å². The monoisotopic (exact) mass is 322 g/mol. The van der Waals surface area contributed by atoms with Gasteiger partial charge in [-0.15, -0.1) is 0 Å². The first-order chi connectivity index (χ1) is 11.1. The molecule has 0 aliphatic carbocycles. The quantitative estimate of drug-likeness (QED) is 0.857. The lowest BCUT2D eigenvalue weighted by molar-refractivity contribution is 0.0981. The van der Waals surface area contributed by atoms with Crippen LogP contribution in [0.5, 0.6) is 5.75 Å². The van der Waals surface area contributed by atoms with Gasteiger partial charge in [-0.3, -0.25) is 4.90 Å². The van der Waals surface area contributed by atoms with E-state index in [1.807, 2.05) is 0 Å². The topological polar surface area (TPSA) is 45.0 Å². The van der Waals surface area contributed by atoms with Gasteiger partial charge in [0.2, 0.25) is 0 Å². The van der Waals surface area contributed by atoms with E-state index in [0.29, 0.717) is 23.2 Å². The van der Waals surface area contributed by atoms with Crippen molar-refractivity contribution in [2.75, 3.05) is 64.1 Å². The van der Waals surface area contributed by atoms with E-state index in [2.05, 4.69) is 21.7 Å². The Kier molecular flexibility index (Phi) is 4.92. The Morgan fingerprint density at radius 3 is 2.35 bits per heavy atom. The van der Waals surface area contributed by atoms with Gasteiger partial charge in [0, 0.05) is 57.4 Å². The molecule has 1 aromatic rings. The molecule has 2 N–H and O–H groups in total. The van der Waals surface area contributed by atoms with Gasteiger partial charge in [0.25, 0.3) is 0 Å². The van der Waals surface area contributed by atoms with Gasteiger partial charge in [-0.2, -0.15) is 0 Å². The second kappa shape index (κ2) is 6.93. The number of likely N-dealkylation sites (N-methyl/N-ethyl adjacent to an activating group) is 1. The number of benzene rings is 1. The van der Waals surface area contributed by atoms with Gasteiger partial charge >= 0.3 is 0 Å². The zero-order valence-corrected chi connectivity index (χ0v) is 14.1. The van der Waals surface area contributed by atoms with Crippen LogP contribution in [-0.2, 0) is 0 Å². The molecule has 2 saturated heterocycles. The molecule has 0 unspecified atom stereocenters. The van der Waals surface area contributed by atoms with E-state index in [0.717, 1.165) is 52.1 Å². The summed E-state index contributed by atoms with van der Waals surface area (Å²) in [5, 5.41) is 0. The summed E-state index contributed by atoms with van der Waals surface area (Å²) in [6, 6.07) is 3.71. The van der Waals surface area contributed by atoms with Crippen LogP contribution in [0.1, 0.15) is 12.8 Å². The molecule has 5 nitrogen and oxygen atoms in total. The number of nitrogens with two attached hydrogens (primary N) is 1. The molecular weight excluding hydrogens is 295 g/mol. The Hall–Kier alpha value is -1.53. The van der Waals surface area contributed by atoms with Gasteiger partial charge in [-0.25, -0.2) is 4.39 Å². The molecule has 2 aliphatic heterocycles. The van der Waals surface area contributed by atoms with Crippen LogP contribution >= 0.6 is 0 Å². The summed E-state index contributed by atoms with van der Waals surface area (Å²) in [7, 11) is 3.74. The number of piperidine rings is 1. The van der Waals surface area contributed by atoms with E-state index >= 15 is 0 Å². The first kappa shape index (κ1) is 16.3. The molecule has 0 amide bonds. The third-order valence-electron chi connectivity index (χ3n) is 5.16. The summed E-state index contributed by atoms with van der Waals surface area (Å²) in [5.74, 6) is 0.281. The molecule has 0 atom stereocenters. The molecule has 128 valence electrons. The van der Waals surface area contributed by atoms with Gasteiger partial charge in [0.15, 0.2) is 0 Å². The van der Waals surface area contributed by atoms with Crippen molar-refractivity contribution in [3.05, 3.63) is 17.9 Å². The average molecular weight is 322 g/mol. The number of rotatable bonds is 3. The van der Waals surface area contributed by atoms with Crippen molar-refractivity contribution >= 4 is 11.4 Å². The summed E-state index contributed by atoms with van der Waals surface area (Å²) >= 11 is 0. The number of hydrogen-bond acceptors (Lipinski definition) is 5. The number of hydrogen-bond donors (Lipinski definition) is 1. The van der Waals surface area contributed by atoms with Gasteiger partial charge in [-0.05, 0) is 19.9 Å². The van der Waals surface area contributed by atoms with Crippen molar-refractivity contribution in [2.45, 2.75) is 18.9 Å². The Balaban J connectivity index is 1.63. The fourth-order valence-electron chi connectivity index (χ4n) is 3.64. The summed E-state index contributed by atoms with van der Waals surface area (Å²) in [6.07, 6.45) is 2.16. The van der Waals surface area contributed by atoms with E-state index in [1.54, 1.807) is 13.2 Å². The smallest absolute Gasteiger partial charge is 0.148 e. The van der Waals surface area contributed by atoms with Gasteiger partial charge in [-0.1, -0.05) is 0 Å². The number of anilines is 2. The number of nitrogens with zero attached hydrogens (tertiary/aromatic N) is 3. The van der Waals surface area contributed by atoms with Crippen LogP contribution in [0.4, 0.5) is 15.8 Å². The zero-order valence-electron chi connectivity index (χ0n) is 14.1. The third-order valence-corrected chi connectivity index (χ3v) is 5.16. The first-order valence-electron chi connectivity index (χ1n) is 8.39. The number of ether oxygens (including phenoxy) is 1. The maximum absolute atomic E-state index is 14.3. The number of piperazine rings is 1. The molecule has 2 fully saturated rings. The minimum absolute atomic E-state index is 0.263. The van der Waals surface area contributed by atoms with Gasteiger partial charge < -0.3 is 20.3 Å². The molecule has 0 bridgehead atoms. The van der Waals surface area contributed by atoms with Crippen molar-refractivity contribution in [1.82, 2.24) is 9.80 Å². The maximum Gasteiger partial charge on any atom is 0.148 e. The lowest BCUT2D eigenvalue weighted by Crippen LogP contribution is -2.52. The minimum Gasteiger partial charge on any atom is -0.495 e. The van der Waals surface area contributed by atoms with Crippen molar-refractivity contribution in [2.24, 2.45) is 0 Å². The molecule has 3 rings (SSSR count). The molecule has 0 radical (unpaired) electrons. The molecular formula is C17H27FN4O. The second-order valence-corrected chi connectivity index (χ2v) is 6.60. The Bertz CT molecular complexity index is 538. The van der Waals surface area contributed by atoms with Crippen LogP contribution in [0.25, 0.3) is 0 Å². The molecule has 0 spiro atoms. The Labute approximate surface area is 137 Å². The van der Waals surface area contributed by atoms with Crippen LogP contribution in [-0.4, -0.2) is 69.3 Å². The highest BCUT2D eigenvalue weighted by molar-refractivity contribution is 5.63. The molecule has 1 aromatic carbocycles. The van der Waals surface area contributed by atoms with Crippen molar-refractivity contribution < 1.29 is 9.13 Å². The van der Waals surface area contributed by atoms with E-state index < -0.39 is 0 Å². The predicted molar refractivity (Wildman–Crippen MR) is 91.7 cm³/mol. The molecule has 6 heteroatoms. The van der Waals surface area contributed by atoms with Gasteiger partial charge in [0.05, 0.1) is 18.5 Å². The Morgan fingerprint density at radius 2 is 1.74 bits per heavy atom. The fraction of sp³-hybridized carbons (Fsp3) is 0.647. The normalized spacial score (nSPS) is 21.6.